The Kier molecular flexibility index (Phi) is 5.74. The van der Waals surface area contributed by atoms with Crippen molar-refractivity contribution in [2.75, 3.05) is 31.1 Å². The molecule has 156 valence electrons. The summed E-state index contributed by atoms with van der Waals surface area (Å²) in [7, 11) is -3.94. The first kappa shape index (κ1) is 21.3. The Morgan fingerprint density at radius 1 is 1.00 bits per heavy atom. The van der Waals surface area contributed by atoms with E-state index in [0.717, 1.165) is 24.3 Å². The van der Waals surface area contributed by atoms with Crippen molar-refractivity contribution in [1.29, 1.82) is 0 Å². The van der Waals surface area contributed by atoms with E-state index in [-0.39, 0.29) is 41.8 Å². The molecule has 1 heterocycles. The van der Waals surface area contributed by atoms with Crippen molar-refractivity contribution < 1.29 is 26.5 Å². The van der Waals surface area contributed by atoms with E-state index in [4.69, 9.17) is 11.6 Å². The van der Waals surface area contributed by atoms with Crippen molar-refractivity contribution >= 4 is 33.0 Å². The number of non-ortho nitro benzene ring substituents is 1. The number of piperazine rings is 1. The fourth-order valence-corrected chi connectivity index (χ4v) is 4.72. The van der Waals surface area contributed by atoms with E-state index in [2.05, 4.69) is 0 Å². The number of anilines is 1. The van der Waals surface area contributed by atoms with Gasteiger partial charge in [-0.1, -0.05) is 11.6 Å². The van der Waals surface area contributed by atoms with Gasteiger partial charge in [-0.25, -0.2) is 8.42 Å². The second kappa shape index (κ2) is 7.81. The molecule has 7 nitrogen and oxygen atoms in total. The quantitative estimate of drug-likeness (QED) is 0.524. The third kappa shape index (κ3) is 4.46. The summed E-state index contributed by atoms with van der Waals surface area (Å²) in [5.41, 5.74) is -0.528. The van der Waals surface area contributed by atoms with Gasteiger partial charge < -0.3 is 4.90 Å². The average Bonchev–Trinajstić information content (AvgIpc) is 2.67. The Morgan fingerprint density at radius 2 is 1.59 bits per heavy atom. The molecule has 1 fully saturated rings. The third-order valence-corrected chi connectivity index (χ3v) is 6.76. The molecule has 0 unspecified atom stereocenters. The van der Waals surface area contributed by atoms with Crippen molar-refractivity contribution in [2.24, 2.45) is 0 Å². The highest BCUT2D eigenvalue weighted by Crippen LogP contribution is 2.32. The van der Waals surface area contributed by atoms with Gasteiger partial charge in [-0.2, -0.15) is 17.5 Å². The molecule has 12 heteroatoms. The van der Waals surface area contributed by atoms with Gasteiger partial charge in [0, 0.05) is 38.3 Å². The Morgan fingerprint density at radius 3 is 2.07 bits per heavy atom. The lowest BCUT2D eigenvalue weighted by Crippen LogP contribution is -2.48. The van der Waals surface area contributed by atoms with Crippen molar-refractivity contribution in [2.45, 2.75) is 11.1 Å². The number of nitro benzene ring substituents is 1. The minimum absolute atomic E-state index is 0.0939. The number of benzene rings is 2. The number of halogens is 4. The molecule has 2 aromatic carbocycles. The van der Waals surface area contributed by atoms with Gasteiger partial charge in [-0.05, 0) is 30.3 Å². The second-order valence-electron chi connectivity index (χ2n) is 6.31. The molecule has 0 spiro atoms. The summed E-state index contributed by atoms with van der Waals surface area (Å²) in [5.74, 6) is 0. The number of alkyl halides is 3. The molecule has 0 radical (unpaired) electrons. The lowest BCUT2D eigenvalue weighted by molar-refractivity contribution is -0.384. The Bertz CT molecular complexity index is 1020. The molecule has 0 N–H and O–H groups in total. The van der Waals surface area contributed by atoms with Crippen LogP contribution in [0.4, 0.5) is 24.5 Å². The standard InChI is InChI=1S/C17H15ClF3N3O4S/c18-15-11-13(24(25)26)3-6-16(15)22-7-9-23(10-8-22)29(27,28)14-4-1-12(2-5-14)17(19,20)21/h1-6,11H,7-10H2. The minimum Gasteiger partial charge on any atom is -0.368 e. The zero-order chi connectivity index (χ0) is 21.4. The molecule has 1 aliphatic heterocycles. The normalized spacial score (nSPS) is 16.1. The highest BCUT2D eigenvalue weighted by Gasteiger charge is 2.33. The van der Waals surface area contributed by atoms with Gasteiger partial charge >= 0.3 is 6.18 Å². The smallest absolute Gasteiger partial charge is 0.368 e. The monoisotopic (exact) mass is 449 g/mol. The molecule has 29 heavy (non-hydrogen) atoms. The first-order chi connectivity index (χ1) is 13.5. The van der Waals surface area contributed by atoms with Gasteiger partial charge in [0.15, 0.2) is 0 Å². The number of nitrogens with zero attached hydrogens (tertiary/aromatic N) is 3. The summed E-state index contributed by atoms with van der Waals surface area (Å²) >= 11 is 6.11. The minimum atomic E-state index is -4.54. The molecule has 2 aromatic rings. The maximum Gasteiger partial charge on any atom is 0.416 e. The zero-order valence-corrected chi connectivity index (χ0v) is 16.3. The molecule has 0 atom stereocenters. The van der Waals surface area contributed by atoms with Gasteiger partial charge in [0.2, 0.25) is 10.0 Å². The van der Waals surface area contributed by atoms with Crippen molar-refractivity contribution in [1.82, 2.24) is 4.31 Å². The van der Waals surface area contributed by atoms with E-state index < -0.39 is 26.7 Å². The van der Waals surface area contributed by atoms with E-state index in [9.17, 15) is 31.7 Å². The van der Waals surface area contributed by atoms with Crippen molar-refractivity contribution in [3.8, 4) is 0 Å². The SMILES string of the molecule is O=[N+]([O-])c1ccc(N2CCN(S(=O)(=O)c3ccc(C(F)(F)F)cc3)CC2)c(Cl)c1. The summed E-state index contributed by atoms with van der Waals surface area (Å²) in [5, 5.41) is 11.0. The molecule has 1 aliphatic rings. The lowest BCUT2D eigenvalue weighted by atomic mass is 10.2. The molecule has 0 bridgehead atoms. The number of nitro groups is 1. The predicted molar refractivity (Wildman–Crippen MR) is 101 cm³/mol. The van der Waals surface area contributed by atoms with E-state index in [1.807, 2.05) is 0 Å². The fraction of sp³-hybridized carbons (Fsp3) is 0.294. The van der Waals surface area contributed by atoms with Gasteiger partial charge in [-0.3, -0.25) is 10.1 Å². The van der Waals surface area contributed by atoms with Crippen LogP contribution >= 0.6 is 11.6 Å². The number of hydrogen-bond donors (Lipinski definition) is 0. The largest absolute Gasteiger partial charge is 0.416 e. The van der Waals surface area contributed by atoms with Crippen LogP contribution in [0.2, 0.25) is 5.02 Å². The van der Waals surface area contributed by atoms with Crippen LogP contribution in [-0.2, 0) is 16.2 Å². The van der Waals surface area contributed by atoms with Crippen LogP contribution in [0, 0.1) is 10.1 Å². The van der Waals surface area contributed by atoms with Gasteiger partial charge in [0.1, 0.15) is 0 Å². The molecule has 1 saturated heterocycles. The van der Waals surface area contributed by atoms with Crippen LogP contribution in [0.3, 0.4) is 0 Å². The first-order valence-corrected chi connectivity index (χ1v) is 10.2. The maximum absolute atomic E-state index is 12.7. The Balaban J connectivity index is 1.72. The first-order valence-electron chi connectivity index (χ1n) is 8.36. The van der Waals surface area contributed by atoms with E-state index in [0.29, 0.717) is 5.69 Å². The van der Waals surface area contributed by atoms with Crippen LogP contribution in [0.5, 0.6) is 0 Å². The van der Waals surface area contributed by atoms with E-state index in [1.54, 1.807) is 4.90 Å². The zero-order valence-electron chi connectivity index (χ0n) is 14.8. The number of hydrogen-bond acceptors (Lipinski definition) is 5. The maximum atomic E-state index is 12.7. The third-order valence-electron chi connectivity index (χ3n) is 4.54. The summed E-state index contributed by atoms with van der Waals surface area (Å²) < 4.78 is 64.6. The summed E-state index contributed by atoms with van der Waals surface area (Å²) in [4.78, 5) is 11.8. The molecule has 0 aromatic heterocycles. The second-order valence-corrected chi connectivity index (χ2v) is 8.65. The molecule has 3 rings (SSSR count). The fourth-order valence-electron chi connectivity index (χ4n) is 3.00. The topological polar surface area (TPSA) is 83.8 Å². The van der Waals surface area contributed by atoms with Crippen LogP contribution in [0.15, 0.2) is 47.4 Å². The summed E-state index contributed by atoms with van der Waals surface area (Å²) in [6.07, 6.45) is -4.54. The van der Waals surface area contributed by atoms with Crippen LogP contribution in [0.1, 0.15) is 5.56 Å². The van der Waals surface area contributed by atoms with Gasteiger partial charge in [0.25, 0.3) is 5.69 Å². The highest BCUT2D eigenvalue weighted by atomic mass is 35.5. The predicted octanol–water partition coefficient (Wildman–Crippen LogP) is 3.78. The van der Waals surface area contributed by atoms with Gasteiger partial charge in [-0.15, -0.1) is 0 Å². The number of sulfonamides is 1. The van der Waals surface area contributed by atoms with Crippen molar-refractivity contribution in [3.05, 3.63) is 63.2 Å². The molecule has 0 saturated carbocycles. The van der Waals surface area contributed by atoms with Crippen LogP contribution in [-0.4, -0.2) is 43.8 Å². The molecular weight excluding hydrogens is 435 g/mol. The van der Waals surface area contributed by atoms with E-state index >= 15 is 0 Å². The molecule has 0 aliphatic carbocycles. The average molecular weight is 450 g/mol. The van der Waals surface area contributed by atoms with Crippen LogP contribution in [0.25, 0.3) is 0 Å². The summed E-state index contributed by atoms with van der Waals surface area (Å²) in [6, 6.07) is 7.39. The van der Waals surface area contributed by atoms with E-state index in [1.165, 1.54) is 22.5 Å². The highest BCUT2D eigenvalue weighted by molar-refractivity contribution is 7.89. The summed E-state index contributed by atoms with van der Waals surface area (Å²) in [6.45, 7) is 0.738. The Labute approximate surface area is 169 Å². The van der Waals surface area contributed by atoms with Gasteiger partial charge in [0.05, 0.1) is 26.1 Å². The van der Waals surface area contributed by atoms with Crippen molar-refractivity contribution in [3.63, 3.8) is 0 Å². The Hall–Kier alpha value is -2.37. The van der Waals surface area contributed by atoms with Crippen LogP contribution < -0.4 is 4.90 Å². The molecular formula is C17H15ClF3N3O4S. The lowest BCUT2D eigenvalue weighted by Gasteiger charge is -2.35. The molecule has 0 amide bonds. The number of rotatable bonds is 4.